The van der Waals surface area contributed by atoms with Crippen molar-refractivity contribution in [1.82, 2.24) is 0 Å². The van der Waals surface area contributed by atoms with E-state index in [4.69, 9.17) is 24.8 Å². The second-order valence-corrected chi connectivity index (χ2v) is 13.1. The van der Waals surface area contributed by atoms with Crippen LogP contribution in [0.2, 0.25) is 0 Å². The summed E-state index contributed by atoms with van der Waals surface area (Å²) in [6.45, 7) is 2.67. The summed E-state index contributed by atoms with van der Waals surface area (Å²) in [5.41, 5.74) is 5.29. The summed E-state index contributed by atoms with van der Waals surface area (Å²) in [5.74, 6) is -2.40. The third kappa shape index (κ3) is 29.4. The molecule has 3 atom stereocenters. The Hall–Kier alpha value is -2.04. The number of nitrogens with two attached hydrogens (primary N) is 1. The number of hydrogen-bond donors (Lipinski definition) is 3. The summed E-state index contributed by atoms with van der Waals surface area (Å²) in [5, 5.41) is 8.82. The third-order valence-electron chi connectivity index (χ3n) is 7.20. The van der Waals surface area contributed by atoms with Crippen molar-refractivity contribution in [3.05, 3.63) is 24.3 Å². The highest BCUT2D eigenvalue weighted by Crippen LogP contribution is 2.43. The molecule has 0 fully saturated rings. The van der Waals surface area contributed by atoms with Crippen LogP contribution in [-0.4, -0.2) is 59.9 Å². The van der Waals surface area contributed by atoms with Crippen LogP contribution in [0, 0.1) is 0 Å². The minimum atomic E-state index is -4.70. The largest absolute Gasteiger partial charge is 0.480 e. The average Bonchev–Trinajstić information content (AvgIpc) is 3.02. The van der Waals surface area contributed by atoms with Gasteiger partial charge in [-0.25, -0.2) is 4.57 Å². The first-order valence-corrected chi connectivity index (χ1v) is 18.9. The topological polar surface area (TPSA) is 172 Å². The minimum absolute atomic E-state index is 0.147. The number of carbonyl (C=O) groups excluding carboxylic acids is 2. The second-order valence-electron chi connectivity index (χ2n) is 11.7. The van der Waals surface area contributed by atoms with Crippen molar-refractivity contribution >= 4 is 25.7 Å². The molecule has 0 aromatic heterocycles. The molecule has 0 spiro atoms. The molecule has 0 bridgehead atoms. The number of unbranched alkanes of at least 4 members (excludes halogenated alkanes) is 14. The maximum absolute atomic E-state index is 12.5. The first-order chi connectivity index (χ1) is 22.1. The molecule has 0 aromatic rings. The van der Waals surface area contributed by atoms with Gasteiger partial charge in [-0.15, -0.1) is 0 Å². The Morgan fingerprint density at radius 3 is 1.76 bits per heavy atom. The first-order valence-electron chi connectivity index (χ1n) is 17.4. The fraction of sp³-hybridized carbons (Fsp3) is 0.794. The lowest BCUT2D eigenvalue weighted by molar-refractivity contribution is -0.161. The van der Waals surface area contributed by atoms with Gasteiger partial charge in [0.2, 0.25) is 0 Å². The Bertz CT molecular complexity index is 895. The summed E-state index contributed by atoms with van der Waals surface area (Å²) >= 11 is 0. The Morgan fingerprint density at radius 1 is 0.674 bits per heavy atom. The van der Waals surface area contributed by atoms with Gasteiger partial charge in [0.05, 0.1) is 13.2 Å². The molecule has 46 heavy (non-hydrogen) atoms. The quantitative estimate of drug-likeness (QED) is 0.0273. The van der Waals surface area contributed by atoms with Gasteiger partial charge in [0.25, 0.3) is 0 Å². The standard InChI is InChI=1S/C34H62NO10P/c1-3-5-7-9-11-13-14-15-16-17-18-20-22-24-26-33(37)45-30(28-43-46(40,41)44-29-31(35)34(38)39)27-42-32(36)25-23-21-19-12-10-8-6-4-2/h9,11,14-15,30-31H,3-8,10,12-13,16-29,35H2,1-2H3,(H,38,39)(H,40,41)/b11-9-,15-14-. The molecule has 268 valence electrons. The van der Waals surface area contributed by atoms with Crippen molar-refractivity contribution in [3.63, 3.8) is 0 Å². The Labute approximate surface area is 277 Å². The van der Waals surface area contributed by atoms with Crippen molar-refractivity contribution in [2.45, 2.75) is 154 Å². The molecule has 0 rings (SSSR count). The van der Waals surface area contributed by atoms with Gasteiger partial charge < -0.3 is 25.2 Å². The number of aliphatic carboxylic acids is 1. The molecule has 0 heterocycles. The second kappa shape index (κ2) is 30.3. The van der Waals surface area contributed by atoms with E-state index < -0.39 is 51.1 Å². The minimum Gasteiger partial charge on any atom is -0.480 e. The van der Waals surface area contributed by atoms with Crippen molar-refractivity contribution in [3.8, 4) is 0 Å². The van der Waals surface area contributed by atoms with Crippen LogP contribution in [0.5, 0.6) is 0 Å². The Balaban J connectivity index is 4.50. The number of hydrogen-bond acceptors (Lipinski definition) is 9. The molecule has 0 aliphatic carbocycles. The number of phosphoric acid groups is 1. The molecule has 0 radical (unpaired) electrons. The highest BCUT2D eigenvalue weighted by molar-refractivity contribution is 7.47. The Morgan fingerprint density at radius 2 is 1.17 bits per heavy atom. The van der Waals surface area contributed by atoms with Crippen LogP contribution in [0.15, 0.2) is 24.3 Å². The van der Waals surface area contributed by atoms with Gasteiger partial charge in [0, 0.05) is 12.8 Å². The zero-order valence-electron chi connectivity index (χ0n) is 28.4. The van der Waals surface area contributed by atoms with Crippen LogP contribution < -0.4 is 5.73 Å². The van der Waals surface area contributed by atoms with E-state index in [2.05, 4.69) is 42.7 Å². The fourth-order valence-corrected chi connectivity index (χ4v) is 5.15. The smallest absolute Gasteiger partial charge is 0.472 e. The number of allylic oxidation sites excluding steroid dienone is 4. The molecule has 12 heteroatoms. The third-order valence-corrected chi connectivity index (χ3v) is 8.15. The van der Waals surface area contributed by atoms with E-state index in [1.54, 1.807) is 0 Å². The monoisotopic (exact) mass is 675 g/mol. The summed E-state index contributed by atoms with van der Waals surface area (Å²) in [6, 6.07) is -1.52. The van der Waals surface area contributed by atoms with Gasteiger partial charge in [0.15, 0.2) is 6.10 Å². The number of carbonyl (C=O) groups is 3. The summed E-state index contributed by atoms with van der Waals surface area (Å²) in [6.07, 6.45) is 27.0. The van der Waals surface area contributed by atoms with E-state index in [-0.39, 0.29) is 19.4 Å². The number of esters is 2. The van der Waals surface area contributed by atoms with Gasteiger partial charge >= 0.3 is 25.7 Å². The molecule has 0 saturated heterocycles. The molecule has 0 aromatic carbocycles. The molecule has 0 aliphatic heterocycles. The molecular formula is C34H62NO10P. The fourth-order valence-electron chi connectivity index (χ4n) is 4.37. The highest BCUT2D eigenvalue weighted by atomic mass is 31.2. The lowest BCUT2D eigenvalue weighted by Crippen LogP contribution is -2.34. The van der Waals surface area contributed by atoms with Crippen molar-refractivity contribution in [2.24, 2.45) is 5.73 Å². The predicted molar refractivity (Wildman–Crippen MR) is 180 cm³/mol. The normalized spacial score (nSPS) is 14.3. The van der Waals surface area contributed by atoms with E-state index in [0.717, 1.165) is 64.2 Å². The van der Waals surface area contributed by atoms with Crippen LogP contribution in [-0.2, 0) is 37.5 Å². The van der Waals surface area contributed by atoms with Gasteiger partial charge in [-0.05, 0) is 38.5 Å². The Kier molecular flexibility index (Phi) is 29.0. The number of carboxylic acids is 1. The molecular weight excluding hydrogens is 613 g/mol. The van der Waals surface area contributed by atoms with E-state index in [0.29, 0.717) is 12.8 Å². The summed E-state index contributed by atoms with van der Waals surface area (Å²) in [7, 11) is -4.70. The number of phosphoric ester groups is 1. The van der Waals surface area contributed by atoms with Gasteiger partial charge in [-0.1, -0.05) is 115 Å². The molecule has 4 N–H and O–H groups in total. The zero-order chi connectivity index (χ0) is 34.3. The van der Waals surface area contributed by atoms with Crippen molar-refractivity contribution in [2.75, 3.05) is 19.8 Å². The van der Waals surface area contributed by atoms with E-state index in [1.807, 2.05) is 0 Å². The van der Waals surface area contributed by atoms with Crippen molar-refractivity contribution < 1.29 is 47.5 Å². The SMILES string of the molecule is CCCC/C=C\C/C=C\CCCCCCCC(=O)OC(COC(=O)CCCCCCCCCC)COP(=O)(O)OCC(N)C(=O)O. The highest BCUT2D eigenvalue weighted by Gasteiger charge is 2.28. The lowest BCUT2D eigenvalue weighted by atomic mass is 10.1. The maximum atomic E-state index is 12.5. The lowest BCUT2D eigenvalue weighted by Gasteiger charge is -2.20. The molecule has 0 saturated carbocycles. The van der Waals surface area contributed by atoms with Crippen LogP contribution >= 0.6 is 7.82 Å². The molecule has 11 nitrogen and oxygen atoms in total. The van der Waals surface area contributed by atoms with Crippen LogP contribution in [0.25, 0.3) is 0 Å². The maximum Gasteiger partial charge on any atom is 0.472 e. The number of rotatable bonds is 32. The van der Waals surface area contributed by atoms with Gasteiger partial charge in [-0.2, -0.15) is 0 Å². The number of ether oxygens (including phenoxy) is 2. The van der Waals surface area contributed by atoms with Crippen molar-refractivity contribution in [1.29, 1.82) is 0 Å². The number of carboxylic acid groups (broad SMARTS) is 1. The van der Waals surface area contributed by atoms with Crippen LogP contribution in [0.1, 0.15) is 142 Å². The summed E-state index contributed by atoms with van der Waals surface area (Å²) < 4.78 is 32.4. The predicted octanol–water partition coefficient (Wildman–Crippen LogP) is 7.94. The molecule has 0 aliphatic rings. The van der Waals surface area contributed by atoms with Crippen LogP contribution in [0.3, 0.4) is 0 Å². The molecule has 3 unspecified atom stereocenters. The summed E-state index contributed by atoms with van der Waals surface area (Å²) in [4.78, 5) is 45.5. The zero-order valence-corrected chi connectivity index (χ0v) is 29.3. The van der Waals surface area contributed by atoms with Gasteiger partial charge in [-0.3, -0.25) is 23.4 Å². The van der Waals surface area contributed by atoms with Crippen LogP contribution in [0.4, 0.5) is 0 Å². The van der Waals surface area contributed by atoms with E-state index in [9.17, 15) is 23.8 Å². The average molecular weight is 676 g/mol. The molecule has 0 amide bonds. The van der Waals surface area contributed by atoms with Gasteiger partial charge in [0.1, 0.15) is 12.6 Å². The van der Waals surface area contributed by atoms with E-state index >= 15 is 0 Å². The first kappa shape index (κ1) is 44.0. The van der Waals surface area contributed by atoms with E-state index in [1.165, 1.54) is 38.5 Å².